The van der Waals surface area contributed by atoms with Gasteiger partial charge < -0.3 is 15.0 Å². The number of pyridine rings is 3. The van der Waals surface area contributed by atoms with E-state index in [9.17, 15) is 5.11 Å². The number of anilines is 1. The maximum absolute atomic E-state index is 9.77. The van der Waals surface area contributed by atoms with Crippen LogP contribution < -0.4 is 4.90 Å². The van der Waals surface area contributed by atoms with Crippen molar-refractivity contribution in [3.8, 4) is 28.4 Å². The zero-order chi connectivity index (χ0) is 20.8. The third-order valence-corrected chi connectivity index (χ3v) is 5.77. The van der Waals surface area contributed by atoms with Gasteiger partial charge in [0.15, 0.2) is 17.1 Å². The smallest absolute Gasteiger partial charge is 0.181 e. The molecule has 9 heteroatoms. The lowest BCUT2D eigenvalue weighted by molar-refractivity contribution is 0.473. The maximum atomic E-state index is 9.77. The molecule has 0 atom stereocenters. The van der Waals surface area contributed by atoms with Crippen molar-refractivity contribution in [3.05, 3.63) is 43.0 Å². The van der Waals surface area contributed by atoms with Gasteiger partial charge in [0.2, 0.25) is 0 Å². The Kier molecular flexibility index (Phi) is 4.05. The third-order valence-electron chi connectivity index (χ3n) is 5.77. The second-order valence-corrected chi connectivity index (χ2v) is 7.79. The van der Waals surface area contributed by atoms with Gasteiger partial charge in [0.05, 0.1) is 17.3 Å². The van der Waals surface area contributed by atoms with E-state index in [-0.39, 0.29) is 5.75 Å². The van der Waals surface area contributed by atoms with Crippen molar-refractivity contribution in [1.29, 1.82) is 0 Å². The number of hydrogen-bond donors (Lipinski definition) is 3. The molecule has 31 heavy (non-hydrogen) atoms. The first-order chi connectivity index (χ1) is 15.3. The highest BCUT2D eigenvalue weighted by atomic mass is 16.3. The molecule has 6 rings (SSSR count). The summed E-state index contributed by atoms with van der Waals surface area (Å²) in [6.07, 6.45) is 10.3. The summed E-state index contributed by atoms with van der Waals surface area (Å²) >= 11 is 0. The van der Waals surface area contributed by atoms with Crippen molar-refractivity contribution in [2.24, 2.45) is 0 Å². The van der Waals surface area contributed by atoms with E-state index in [4.69, 9.17) is 4.98 Å². The number of aromatic nitrogens is 7. The molecule has 0 aliphatic carbocycles. The molecular formula is C22H20N8O. The van der Waals surface area contributed by atoms with Crippen LogP contribution in [0.2, 0.25) is 0 Å². The van der Waals surface area contributed by atoms with Crippen molar-refractivity contribution in [2.45, 2.75) is 19.3 Å². The number of H-pyrrole nitrogens is 2. The molecule has 0 saturated carbocycles. The molecule has 0 unspecified atom stereocenters. The van der Waals surface area contributed by atoms with Crippen LogP contribution in [0, 0.1) is 0 Å². The fraction of sp³-hybridized carbons (Fsp3) is 0.227. The second kappa shape index (κ2) is 7.05. The van der Waals surface area contributed by atoms with Crippen LogP contribution in [0.15, 0.2) is 43.0 Å². The average Bonchev–Trinajstić information content (AvgIpc) is 3.43. The summed E-state index contributed by atoms with van der Waals surface area (Å²) in [5, 5.41) is 18.0. The minimum absolute atomic E-state index is 0.110. The zero-order valence-corrected chi connectivity index (χ0v) is 16.7. The van der Waals surface area contributed by atoms with Crippen LogP contribution in [-0.4, -0.2) is 53.3 Å². The third kappa shape index (κ3) is 3.05. The Labute approximate surface area is 177 Å². The lowest BCUT2D eigenvalue weighted by Crippen LogP contribution is -2.29. The normalized spacial score (nSPS) is 14.5. The SMILES string of the molecule is Oc1cncc(-c2cnc3n[nH]c(-c4nc5nccc(N6CCCCC6)c5[nH]4)c3c2)c1. The van der Waals surface area contributed by atoms with Crippen LogP contribution >= 0.6 is 0 Å². The number of rotatable bonds is 3. The topological polar surface area (TPSA) is 120 Å². The summed E-state index contributed by atoms with van der Waals surface area (Å²) in [4.78, 5) is 23.6. The quantitative estimate of drug-likeness (QED) is 0.414. The van der Waals surface area contributed by atoms with Gasteiger partial charge in [-0.1, -0.05) is 0 Å². The number of hydrogen-bond acceptors (Lipinski definition) is 7. The molecule has 0 radical (unpaired) electrons. The molecule has 9 nitrogen and oxygen atoms in total. The van der Waals surface area contributed by atoms with Gasteiger partial charge in [-0.15, -0.1) is 0 Å². The first-order valence-electron chi connectivity index (χ1n) is 10.3. The first kappa shape index (κ1) is 17.8. The van der Waals surface area contributed by atoms with Crippen LogP contribution in [0.1, 0.15) is 19.3 Å². The summed E-state index contributed by atoms with van der Waals surface area (Å²) in [6, 6.07) is 5.69. The summed E-state index contributed by atoms with van der Waals surface area (Å²) in [6.45, 7) is 2.09. The van der Waals surface area contributed by atoms with Crippen LogP contribution in [0.3, 0.4) is 0 Å². The Bertz CT molecular complexity index is 1400. The molecule has 1 fully saturated rings. The fourth-order valence-corrected chi connectivity index (χ4v) is 4.24. The van der Waals surface area contributed by atoms with Crippen LogP contribution in [0.4, 0.5) is 5.69 Å². The summed E-state index contributed by atoms with van der Waals surface area (Å²) in [5.74, 6) is 0.779. The standard InChI is InChI=1S/C22H20N8O/c31-15-8-13(10-23-12-15)14-9-16-18(28-29-20(16)25-11-14)22-26-19-17(4-5-24-21(19)27-22)30-6-2-1-3-7-30/h4-5,8-12,31H,1-3,6-7H2,(H,24,26,27)(H,25,28,29). The minimum Gasteiger partial charge on any atom is -0.506 e. The van der Waals surface area contributed by atoms with E-state index in [0.717, 1.165) is 46.5 Å². The van der Waals surface area contributed by atoms with Gasteiger partial charge in [-0.05, 0) is 37.5 Å². The highest BCUT2D eigenvalue weighted by Crippen LogP contribution is 2.32. The molecule has 0 spiro atoms. The Morgan fingerprint density at radius 2 is 1.81 bits per heavy atom. The Balaban J connectivity index is 1.46. The van der Waals surface area contributed by atoms with Gasteiger partial charge in [-0.3, -0.25) is 10.1 Å². The van der Waals surface area contributed by atoms with Crippen molar-refractivity contribution < 1.29 is 5.11 Å². The van der Waals surface area contributed by atoms with Crippen molar-refractivity contribution in [1.82, 2.24) is 35.1 Å². The molecule has 5 aromatic heterocycles. The maximum Gasteiger partial charge on any atom is 0.181 e. The molecule has 0 bridgehead atoms. The van der Waals surface area contributed by atoms with Crippen LogP contribution in [-0.2, 0) is 0 Å². The van der Waals surface area contributed by atoms with E-state index >= 15 is 0 Å². The number of aromatic amines is 2. The minimum atomic E-state index is 0.110. The predicted octanol–water partition coefficient (Wildman–Crippen LogP) is 3.65. The molecule has 0 amide bonds. The van der Waals surface area contributed by atoms with Gasteiger partial charge in [0.25, 0.3) is 0 Å². The Morgan fingerprint density at radius 1 is 0.935 bits per heavy atom. The largest absolute Gasteiger partial charge is 0.506 e. The van der Waals surface area contributed by atoms with Crippen molar-refractivity contribution in [2.75, 3.05) is 18.0 Å². The van der Waals surface area contributed by atoms with Gasteiger partial charge in [0, 0.05) is 42.8 Å². The number of imidazole rings is 1. The highest BCUT2D eigenvalue weighted by molar-refractivity contribution is 5.95. The van der Waals surface area contributed by atoms with E-state index in [1.807, 2.05) is 12.3 Å². The molecule has 1 saturated heterocycles. The number of piperidine rings is 1. The molecule has 5 aromatic rings. The summed E-state index contributed by atoms with van der Waals surface area (Å²) in [7, 11) is 0. The molecule has 3 N–H and O–H groups in total. The first-order valence-corrected chi connectivity index (χ1v) is 10.3. The van der Waals surface area contributed by atoms with Crippen LogP contribution in [0.25, 0.3) is 44.8 Å². The number of nitrogens with zero attached hydrogens (tertiary/aromatic N) is 6. The highest BCUT2D eigenvalue weighted by Gasteiger charge is 2.19. The van der Waals surface area contributed by atoms with Crippen molar-refractivity contribution >= 4 is 27.9 Å². The van der Waals surface area contributed by atoms with Gasteiger partial charge in [0.1, 0.15) is 17.0 Å². The van der Waals surface area contributed by atoms with Gasteiger partial charge in [-0.2, -0.15) is 5.10 Å². The van der Waals surface area contributed by atoms with E-state index in [2.05, 4.69) is 41.1 Å². The fourth-order valence-electron chi connectivity index (χ4n) is 4.24. The van der Waals surface area contributed by atoms with Gasteiger partial charge >= 0.3 is 0 Å². The molecule has 6 heterocycles. The van der Waals surface area contributed by atoms with E-state index in [1.165, 1.54) is 25.5 Å². The molecule has 1 aliphatic rings. The van der Waals surface area contributed by atoms with E-state index in [1.54, 1.807) is 18.5 Å². The predicted molar refractivity (Wildman–Crippen MR) is 118 cm³/mol. The number of nitrogens with one attached hydrogen (secondary N) is 2. The summed E-state index contributed by atoms with van der Waals surface area (Å²) in [5.41, 5.74) is 5.71. The molecule has 154 valence electrons. The molecule has 1 aliphatic heterocycles. The lowest BCUT2D eigenvalue weighted by atomic mass is 10.1. The zero-order valence-electron chi connectivity index (χ0n) is 16.7. The summed E-state index contributed by atoms with van der Waals surface area (Å²) < 4.78 is 0. The average molecular weight is 412 g/mol. The lowest BCUT2D eigenvalue weighted by Gasteiger charge is -2.28. The van der Waals surface area contributed by atoms with E-state index in [0.29, 0.717) is 17.1 Å². The van der Waals surface area contributed by atoms with Crippen molar-refractivity contribution in [3.63, 3.8) is 0 Å². The number of fused-ring (bicyclic) bond motifs is 2. The van der Waals surface area contributed by atoms with Gasteiger partial charge in [-0.25, -0.2) is 15.0 Å². The Morgan fingerprint density at radius 3 is 2.68 bits per heavy atom. The number of aromatic hydroxyl groups is 1. The molecular weight excluding hydrogens is 392 g/mol. The van der Waals surface area contributed by atoms with Crippen LogP contribution in [0.5, 0.6) is 5.75 Å². The monoisotopic (exact) mass is 412 g/mol. The van der Waals surface area contributed by atoms with E-state index < -0.39 is 0 Å². The Hall–Kier alpha value is -4.01. The molecule has 0 aromatic carbocycles. The second-order valence-electron chi connectivity index (χ2n) is 7.79.